The van der Waals surface area contributed by atoms with Crippen molar-refractivity contribution in [3.63, 3.8) is 0 Å². The SMILES string of the molecule is Cc1[nH]c2ccccc2c1C(=O)COC(=O)COc1ccc2ccccc2c1. The van der Waals surface area contributed by atoms with E-state index in [4.69, 9.17) is 9.47 Å². The van der Waals surface area contributed by atoms with Crippen molar-refractivity contribution in [3.8, 4) is 5.75 Å². The summed E-state index contributed by atoms with van der Waals surface area (Å²) in [5.41, 5.74) is 2.20. The number of para-hydroxylation sites is 1. The summed E-state index contributed by atoms with van der Waals surface area (Å²) < 4.78 is 10.6. The van der Waals surface area contributed by atoms with E-state index in [9.17, 15) is 9.59 Å². The minimum atomic E-state index is -0.584. The number of Topliss-reactive ketones (excluding diaryl/α,β-unsaturated/α-hetero) is 1. The summed E-state index contributed by atoms with van der Waals surface area (Å²) in [6.07, 6.45) is 0. The molecular weight excluding hydrogens is 354 g/mol. The summed E-state index contributed by atoms with van der Waals surface area (Å²) >= 11 is 0. The van der Waals surface area contributed by atoms with Crippen molar-refractivity contribution in [2.45, 2.75) is 6.92 Å². The van der Waals surface area contributed by atoms with Gasteiger partial charge in [-0.3, -0.25) is 4.79 Å². The number of ether oxygens (including phenoxy) is 2. The highest BCUT2D eigenvalue weighted by Gasteiger charge is 2.17. The molecule has 140 valence electrons. The van der Waals surface area contributed by atoms with E-state index in [0.29, 0.717) is 11.3 Å². The van der Waals surface area contributed by atoms with Gasteiger partial charge in [0.25, 0.3) is 0 Å². The van der Waals surface area contributed by atoms with Crippen molar-refractivity contribution in [3.05, 3.63) is 78.0 Å². The Kier molecular flexibility index (Phi) is 4.81. The molecule has 28 heavy (non-hydrogen) atoms. The average molecular weight is 373 g/mol. The van der Waals surface area contributed by atoms with E-state index in [0.717, 1.165) is 27.4 Å². The number of aromatic nitrogens is 1. The van der Waals surface area contributed by atoms with Crippen LogP contribution in [-0.2, 0) is 9.53 Å². The summed E-state index contributed by atoms with van der Waals surface area (Å²) in [6, 6.07) is 21.0. The van der Waals surface area contributed by atoms with Gasteiger partial charge in [0, 0.05) is 22.2 Å². The summed E-state index contributed by atoms with van der Waals surface area (Å²) in [4.78, 5) is 27.7. The lowest BCUT2D eigenvalue weighted by Crippen LogP contribution is -2.19. The molecule has 0 radical (unpaired) electrons. The molecule has 0 atom stereocenters. The first-order valence-corrected chi connectivity index (χ1v) is 8.99. The van der Waals surface area contributed by atoms with Gasteiger partial charge >= 0.3 is 5.97 Å². The number of H-pyrrole nitrogens is 1. The Morgan fingerprint density at radius 1 is 0.893 bits per heavy atom. The smallest absolute Gasteiger partial charge is 0.344 e. The summed E-state index contributed by atoms with van der Waals surface area (Å²) in [7, 11) is 0. The third-order valence-corrected chi connectivity index (χ3v) is 4.61. The highest BCUT2D eigenvalue weighted by Crippen LogP contribution is 2.23. The number of benzene rings is 3. The molecule has 0 saturated carbocycles. The molecule has 4 rings (SSSR count). The van der Waals surface area contributed by atoms with E-state index >= 15 is 0 Å². The molecule has 5 heteroatoms. The fraction of sp³-hybridized carbons (Fsp3) is 0.130. The van der Waals surface area contributed by atoms with Gasteiger partial charge in [0.2, 0.25) is 5.78 Å². The van der Waals surface area contributed by atoms with Crippen LogP contribution < -0.4 is 4.74 Å². The van der Waals surface area contributed by atoms with Crippen LogP contribution in [0.4, 0.5) is 0 Å². The Morgan fingerprint density at radius 2 is 1.64 bits per heavy atom. The first-order valence-electron chi connectivity index (χ1n) is 8.99. The van der Waals surface area contributed by atoms with E-state index < -0.39 is 5.97 Å². The Bertz CT molecular complexity index is 1180. The second-order valence-electron chi connectivity index (χ2n) is 6.55. The van der Waals surface area contributed by atoms with E-state index in [1.54, 1.807) is 6.07 Å². The van der Waals surface area contributed by atoms with Gasteiger partial charge < -0.3 is 14.5 Å². The molecule has 0 aliphatic rings. The second-order valence-corrected chi connectivity index (χ2v) is 6.55. The maximum Gasteiger partial charge on any atom is 0.344 e. The zero-order valence-electron chi connectivity index (χ0n) is 15.4. The number of esters is 1. The number of aryl methyl sites for hydroxylation is 1. The number of hydrogen-bond acceptors (Lipinski definition) is 4. The van der Waals surface area contributed by atoms with Gasteiger partial charge in [0.15, 0.2) is 13.2 Å². The standard InChI is InChI=1S/C23H19NO4/c1-15-23(19-8-4-5-9-20(19)24-15)21(25)13-28-22(26)14-27-18-11-10-16-6-2-3-7-17(16)12-18/h2-12,24H,13-14H2,1H3. The molecular formula is C23H19NO4. The largest absolute Gasteiger partial charge is 0.482 e. The molecule has 0 amide bonds. The molecule has 3 aromatic carbocycles. The molecule has 0 saturated heterocycles. The molecule has 0 spiro atoms. The fourth-order valence-electron chi connectivity index (χ4n) is 3.30. The predicted molar refractivity (Wildman–Crippen MR) is 108 cm³/mol. The first-order chi connectivity index (χ1) is 13.6. The van der Waals surface area contributed by atoms with Crippen molar-refractivity contribution >= 4 is 33.4 Å². The number of fused-ring (bicyclic) bond motifs is 2. The van der Waals surface area contributed by atoms with Crippen LogP contribution >= 0.6 is 0 Å². The molecule has 0 aliphatic heterocycles. The van der Waals surface area contributed by atoms with E-state index in [2.05, 4.69) is 4.98 Å². The normalized spacial score (nSPS) is 10.9. The quantitative estimate of drug-likeness (QED) is 0.401. The molecule has 0 fully saturated rings. The van der Waals surface area contributed by atoms with Gasteiger partial charge in [0.05, 0.1) is 0 Å². The molecule has 0 bridgehead atoms. The Balaban J connectivity index is 1.36. The monoisotopic (exact) mass is 373 g/mol. The summed E-state index contributed by atoms with van der Waals surface area (Å²) in [6.45, 7) is 1.26. The topological polar surface area (TPSA) is 68.4 Å². The summed E-state index contributed by atoms with van der Waals surface area (Å²) in [5.74, 6) is -0.248. The van der Waals surface area contributed by atoms with Crippen LogP contribution in [0, 0.1) is 6.92 Å². The van der Waals surface area contributed by atoms with Crippen molar-refractivity contribution < 1.29 is 19.1 Å². The molecule has 0 aliphatic carbocycles. The minimum Gasteiger partial charge on any atom is -0.482 e. The van der Waals surface area contributed by atoms with Gasteiger partial charge in [-0.25, -0.2) is 4.79 Å². The van der Waals surface area contributed by atoms with Gasteiger partial charge in [-0.2, -0.15) is 0 Å². The van der Waals surface area contributed by atoms with Crippen LogP contribution in [0.1, 0.15) is 16.1 Å². The predicted octanol–water partition coefficient (Wildman–Crippen LogP) is 4.43. The van der Waals surface area contributed by atoms with Crippen molar-refractivity contribution in [1.29, 1.82) is 0 Å². The number of carbonyl (C=O) groups excluding carboxylic acids is 2. The minimum absolute atomic E-state index is 0.242. The Labute approximate surface area is 161 Å². The number of nitrogens with one attached hydrogen (secondary N) is 1. The third-order valence-electron chi connectivity index (χ3n) is 4.61. The zero-order valence-corrected chi connectivity index (χ0v) is 15.4. The molecule has 5 nitrogen and oxygen atoms in total. The average Bonchev–Trinajstić information content (AvgIpc) is 3.06. The van der Waals surface area contributed by atoms with E-state index in [-0.39, 0.29) is 19.0 Å². The van der Waals surface area contributed by atoms with Crippen LogP contribution in [0.5, 0.6) is 5.75 Å². The van der Waals surface area contributed by atoms with Gasteiger partial charge in [-0.05, 0) is 35.9 Å². The van der Waals surface area contributed by atoms with Crippen LogP contribution in [0.3, 0.4) is 0 Å². The maximum atomic E-state index is 12.5. The second kappa shape index (κ2) is 7.56. The lowest BCUT2D eigenvalue weighted by atomic mass is 10.1. The van der Waals surface area contributed by atoms with Crippen LogP contribution in [0.2, 0.25) is 0 Å². The van der Waals surface area contributed by atoms with Crippen molar-refractivity contribution in [2.24, 2.45) is 0 Å². The number of aromatic amines is 1. The number of hydrogen-bond donors (Lipinski definition) is 1. The number of rotatable bonds is 6. The van der Waals surface area contributed by atoms with Crippen LogP contribution in [0.15, 0.2) is 66.7 Å². The fourth-order valence-corrected chi connectivity index (χ4v) is 3.30. The maximum absolute atomic E-state index is 12.5. The molecule has 1 heterocycles. The third kappa shape index (κ3) is 3.60. The molecule has 4 aromatic rings. The highest BCUT2D eigenvalue weighted by atomic mass is 16.6. The van der Waals surface area contributed by atoms with Gasteiger partial charge in [0.1, 0.15) is 5.75 Å². The van der Waals surface area contributed by atoms with Gasteiger partial charge in [-0.15, -0.1) is 0 Å². The molecule has 1 N–H and O–H groups in total. The number of ketones is 1. The van der Waals surface area contributed by atoms with E-state index in [1.165, 1.54) is 0 Å². The Hall–Kier alpha value is -3.60. The zero-order chi connectivity index (χ0) is 19.5. The lowest BCUT2D eigenvalue weighted by Gasteiger charge is -2.08. The van der Waals surface area contributed by atoms with E-state index in [1.807, 2.05) is 67.6 Å². The highest BCUT2D eigenvalue weighted by molar-refractivity contribution is 6.10. The van der Waals surface area contributed by atoms with Crippen molar-refractivity contribution in [2.75, 3.05) is 13.2 Å². The molecule has 1 aromatic heterocycles. The summed E-state index contributed by atoms with van der Waals surface area (Å²) in [5, 5.41) is 2.95. The Morgan fingerprint density at radius 3 is 2.50 bits per heavy atom. The van der Waals surface area contributed by atoms with Crippen LogP contribution in [0.25, 0.3) is 21.7 Å². The number of carbonyl (C=O) groups is 2. The van der Waals surface area contributed by atoms with Gasteiger partial charge in [-0.1, -0.05) is 48.5 Å². The van der Waals surface area contributed by atoms with Crippen molar-refractivity contribution in [1.82, 2.24) is 4.98 Å². The lowest BCUT2D eigenvalue weighted by molar-refractivity contribution is -0.144. The molecule has 0 unspecified atom stereocenters. The first kappa shape index (κ1) is 17.8. The van der Waals surface area contributed by atoms with Crippen LogP contribution in [-0.4, -0.2) is 30.0 Å².